The molecule has 0 saturated heterocycles. The molecule has 0 aliphatic carbocycles. The number of rotatable bonds is 4. The molecule has 0 N–H and O–H groups in total. The first kappa shape index (κ1) is 16.6. The first-order valence-corrected chi connectivity index (χ1v) is 7.48. The summed E-state index contributed by atoms with van der Waals surface area (Å²) in [5, 5.41) is 0.101. The van der Waals surface area contributed by atoms with E-state index >= 15 is 0 Å². The highest BCUT2D eigenvalue weighted by atomic mass is 35.5. The monoisotopic (exact) mass is 359 g/mol. The zero-order valence-electron chi connectivity index (χ0n) is 12.6. The Kier molecular flexibility index (Phi) is 4.12. The van der Waals surface area contributed by atoms with Crippen LogP contribution >= 0.6 is 11.6 Å². The number of hydrogen-bond acceptors (Lipinski definition) is 3. The molecule has 0 atom stereocenters. The SMILES string of the molecule is CCn1cncc1Cn1c(=O)n(CC(F)(F)F)c2cnc(Cl)cc21. The van der Waals surface area contributed by atoms with Crippen LogP contribution in [0.15, 0.2) is 29.6 Å². The van der Waals surface area contributed by atoms with Crippen molar-refractivity contribution >= 4 is 22.6 Å². The van der Waals surface area contributed by atoms with Crippen molar-refractivity contribution < 1.29 is 13.2 Å². The average Bonchev–Trinajstić information content (AvgIpc) is 3.04. The molecule has 24 heavy (non-hydrogen) atoms. The van der Waals surface area contributed by atoms with E-state index in [4.69, 9.17) is 11.6 Å². The summed E-state index contributed by atoms with van der Waals surface area (Å²) in [6.07, 6.45) is -0.165. The summed E-state index contributed by atoms with van der Waals surface area (Å²) in [5.41, 5.74) is 0.325. The van der Waals surface area contributed by atoms with Crippen molar-refractivity contribution in [2.24, 2.45) is 0 Å². The minimum atomic E-state index is -4.52. The van der Waals surface area contributed by atoms with Crippen LogP contribution < -0.4 is 5.69 Å². The fraction of sp³-hybridized carbons (Fsp3) is 0.357. The normalized spacial score (nSPS) is 12.2. The topological polar surface area (TPSA) is 57.6 Å². The smallest absolute Gasteiger partial charge is 0.333 e. The van der Waals surface area contributed by atoms with Crippen LogP contribution in [0.3, 0.4) is 0 Å². The van der Waals surface area contributed by atoms with Gasteiger partial charge in [-0.1, -0.05) is 11.6 Å². The molecule has 128 valence electrons. The molecule has 3 aromatic heterocycles. The molecule has 3 aromatic rings. The lowest BCUT2D eigenvalue weighted by Gasteiger charge is -2.07. The number of halogens is 4. The van der Waals surface area contributed by atoms with Gasteiger partial charge in [0.2, 0.25) is 0 Å². The minimum absolute atomic E-state index is 0.0873. The van der Waals surface area contributed by atoms with Gasteiger partial charge in [0.05, 0.1) is 35.8 Å². The predicted octanol–water partition coefficient (Wildman–Crippen LogP) is 2.68. The summed E-state index contributed by atoms with van der Waals surface area (Å²) in [4.78, 5) is 20.3. The quantitative estimate of drug-likeness (QED) is 0.673. The Morgan fingerprint density at radius 1 is 1.21 bits per heavy atom. The van der Waals surface area contributed by atoms with E-state index in [1.54, 1.807) is 12.5 Å². The number of alkyl halides is 3. The molecule has 6 nitrogen and oxygen atoms in total. The molecule has 0 amide bonds. The van der Waals surface area contributed by atoms with Gasteiger partial charge in [0, 0.05) is 18.8 Å². The van der Waals surface area contributed by atoms with Crippen LogP contribution in [0.1, 0.15) is 12.6 Å². The third-order valence-electron chi connectivity index (χ3n) is 3.67. The molecule has 3 heterocycles. The number of aryl methyl sites for hydroxylation is 1. The van der Waals surface area contributed by atoms with Crippen molar-refractivity contribution in [3.05, 3.63) is 46.1 Å². The van der Waals surface area contributed by atoms with Crippen LogP contribution in [0, 0.1) is 0 Å². The maximum atomic E-state index is 12.8. The summed E-state index contributed by atoms with van der Waals surface area (Å²) in [6, 6.07) is 1.39. The van der Waals surface area contributed by atoms with Gasteiger partial charge in [-0.05, 0) is 6.92 Å². The zero-order chi connectivity index (χ0) is 17.5. The lowest BCUT2D eigenvalue weighted by atomic mass is 10.3. The second-order valence-corrected chi connectivity index (χ2v) is 5.62. The van der Waals surface area contributed by atoms with Crippen molar-refractivity contribution in [2.75, 3.05) is 0 Å². The van der Waals surface area contributed by atoms with Crippen LogP contribution in [0.2, 0.25) is 5.15 Å². The zero-order valence-corrected chi connectivity index (χ0v) is 13.3. The van der Waals surface area contributed by atoms with E-state index in [-0.39, 0.29) is 17.2 Å². The van der Waals surface area contributed by atoms with Crippen molar-refractivity contribution in [1.82, 2.24) is 23.7 Å². The Morgan fingerprint density at radius 3 is 2.62 bits per heavy atom. The maximum Gasteiger partial charge on any atom is 0.406 e. The Labute approximate surface area is 139 Å². The molecule has 10 heteroatoms. The highest BCUT2D eigenvalue weighted by Crippen LogP contribution is 2.22. The summed E-state index contributed by atoms with van der Waals surface area (Å²) in [7, 11) is 0. The molecule has 0 aliphatic rings. The van der Waals surface area contributed by atoms with E-state index in [1.165, 1.54) is 16.8 Å². The average molecular weight is 360 g/mol. The van der Waals surface area contributed by atoms with E-state index in [1.807, 2.05) is 11.5 Å². The van der Waals surface area contributed by atoms with Gasteiger partial charge in [-0.3, -0.25) is 9.13 Å². The molecule has 0 aromatic carbocycles. The highest BCUT2D eigenvalue weighted by Gasteiger charge is 2.31. The maximum absolute atomic E-state index is 12.8. The van der Waals surface area contributed by atoms with Gasteiger partial charge in [0.1, 0.15) is 11.7 Å². The predicted molar refractivity (Wildman–Crippen MR) is 82.1 cm³/mol. The summed E-state index contributed by atoms with van der Waals surface area (Å²) >= 11 is 5.85. The lowest BCUT2D eigenvalue weighted by molar-refractivity contribution is -0.140. The number of hydrogen-bond donors (Lipinski definition) is 0. The molecular formula is C14H13ClF3N5O. The van der Waals surface area contributed by atoms with E-state index in [0.717, 1.165) is 0 Å². The largest absolute Gasteiger partial charge is 0.406 e. The third-order valence-corrected chi connectivity index (χ3v) is 3.88. The number of nitrogens with zero attached hydrogens (tertiary/aromatic N) is 5. The molecule has 0 radical (unpaired) electrons. The van der Waals surface area contributed by atoms with Gasteiger partial charge in [0.15, 0.2) is 0 Å². The van der Waals surface area contributed by atoms with Crippen molar-refractivity contribution in [3.63, 3.8) is 0 Å². The van der Waals surface area contributed by atoms with Gasteiger partial charge in [0.25, 0.3) is 0 Å². The first-order chi connectivity index (χ1) is 11.3. The van der Waals surface area contributed by atoms with Crippen LogP contribution in [0.5, 0.6) is 0 Å². The third kappa shape index (κ3) is 3.03. The highest BCUT2D eigenvalue weighted by molar-refractivity contribution is 6.29. The Hall–Kier alpha value is -2.29. The summed E-state index contributed by atoms with van der Waals surface area (Å²) < 4.78 is 42.1. The van der Waals surface area contributed by atoms with Crippen LogP contribution in [-0.4, -0.2) is 29.8 Å². The van der Waals surface area contributed by atoms with Gasteiger partial charge in [-0.15, -0.1) is 0 Å². The first-order valence-electron chi connectivity index (χ1n) is 7.10. The molecule has 0 bridgehead atoms. The van der Waals surface area contributed by atoms with Crippen molar-refractivity contribution in [2.45, 2.75) is 32.7 Å². The standard InChI is InChI=1S/C14H13ClF3N5O/c1-2-21-8-19-4-9(21)6-22-10-3-12(15)20-5-11(10)23(13(22)24)7-14(16,17)18/h3-5,8H,2,6-7H2,1H3. The van der Waals surface area contributed by atoms with E-state index in [2.05, 4.69) is 9.97 Å². The molecule has 3 rings (SSSR count). The molecule has 0 fully saturated rings. The van der Waals surface area contributed by atoms with Gasteiger partial charge >= 0.3 is 11.9 Å². The molecule has 0 aliphatic heterocycles. The molecule has 0 saturated carbocycles. The number of fused-ring (bicyclic) bond motifs is 1. The number of aromatic nitrogens is 5. The van der Waals surface area contributed by atoms with Crippen LogP contribution in [-0.2, 0) is 19.6 Å². The summed E-state index contributed by atoms with van der Waals surface area (Å²) in [5.74, 6) is 0. The van der Waals surface area contributed by atoms with E-state index in [0.29, 0.717) is 22.3 Å². The van der Waals surface area contributed by atoms with Crippen molar-refractivity contribution in [3.8, 4) is 0 Å². The lowest BCUT2D eigenvalue weighted by Crippen LogP contribution is -2.30. The van der Waals surface area contributed by atoms with E-state index in [9.17, 15) is 18.0 Å². The van der Waals surface area contributed by atoms with Crippen molar-refractivity contribution in [1.29, 1.82) is 0 Å². The summed E-state index contributed by atoms with van der Waals surface area (Å²) in [6.45, 7) is 1.25. The van der Waals surface area contributed by atoms with Crippen LogP contribution in [0.25, 0.3) is 11.0 Å². The minimum Gasteiger partial charge on any atom is -0.333 e. The second-order valence-electron chi connectivity index (χ2n) is 5.24. The van der Waals surface area contributed by atoms with Crippen LogP contribution in [0.4, 0.5) is 13.2 Å². The fourth-order valence-corrected chi connectivity index (χ4v) is 2.75. The molecular weight excluding hydrogens is 347 g/mol. The number of imidazole rings is 2. The van der Waals surface area contributed by atoms with E-state index < -0.39 is 18.4 Å². The Morgan fingerprint density at radius 2 is 1.96 bits per heavy atom. The second kappa shape index (κ2) is 5.97. The number of pyridine rings is 1. The Balaban J connectivity index is 2.18. The van der Waals surface area contributed by atoms with Gasteiger partial charge < -0.3 is 4.57 Å². The van der Waals surface area contributed by atoms with Gasteiger partial charge in [-0.25, -0.2) is 14.8 Å². The molecule has 0 unspecified atom stereocenters. The fourth-order valence-electron chi connectivity index (χ4n) is 2.60. The van der Waals surface area contributed by atoms with Gasteiger partial charge in [-0.2, -0.15) is 13.2 Å². The molecule has 0 spiro atoms. The Bertz CT molecular complexity index is 940.